The predicted octanol–water partition coefficient (Wildman–Crippen LogP) is 3.20. The third kappa shape index (κ3) is 2.96. The van der Waals surface area contributed by atoms with Crippen molar-refractivity contribution in [2.45, 2.75) is 25.3 Å². The smallest absolute Gasteiger partial charge is 0.259 e. The molecule has 2 N–H and O–H groups in total. The van der Waals surface area contributed by atoms with E-state index in [4.69, 9.17) is 0 Å². The van der Waals surface area contributed by atoms with Crippen molar-refractivity contribution < 1.29 is 4.79 Å². The number of thioether (sulfide) groups is 1. The summed E-state index contributed by atoms with van der Waals surface area (Å²) in [6, 6.07) is 10.6. The lowest BCUT2D eigenvalue weighted by Gasteiger charge is -2.26. The first-order valence-corrected chi connectivity index (χ1v) is 10.5. The molecule has 1 aliphatic carbocycles. The van der Waals surface area contributed by atoms with Gasteiger partial charge in [-0.05, 0) is 23.6 Å². The van der Waals surface area contributed by atoms with Crippen LogP contribution in [0.4, 0.5) is 5.82 Å². The molecule has 0 spiro atoms. The average molecular weight is 392 g/mol. The van der Waals surface area contributed by atoms with Gasteiger partial charge in [0.1, 0.15) is 17.8 Å². The van der Waals surface area contributed by atoms with Crippen molar-refractivity contribution in [3.05, 3.63) is 65.1 Å². The van der Waals surface area contributed by atoms with Crippen LogP contribution in [0.3, 0.4) is 0 Å². The predicted molar refractivity (Wildman–Crippen MR) is 112 cm³/mol. The van der Waals surface area contributed by atoms with Gasteiger partial charge in [-0.2, -0.15) is 0 Å². The van der Waals surface area contributed by atoms with Crippen LogP contribution >= 0.6 is 11.8 Å². The first-order valence-electron chi connectivity index (χ1n) is 9.49. The monoisotopic (exact) mass is 391 g/mol. The van der Waals surface area contributed by atoms with Crippen LogP contribution in [0.15, 0.2) is 54.0 Å². The lowest BCUT2D eigenvalue weighted by molar-refractivity contribution is -0.117. The number of amides is 1. The standard InChI is InChI=1S/C21H21N5OS/c1-13-15-5-3-2-4-14(15)10-17(13)25-21(27)18-11-26(8-9-28-18)20-16-6-7-22-19(16)23-12-24-20/h2-7,11-13,17H,8-10H2,1H3,(H,25,27)(H,22,23,24)/t13-,17-/m0/s1. The minimum Gasteiger partial charge on any atom is -0.348 e. The summed E-state index contributed by atoms with van der Waals surface area (Å²) in [4.78, 5) is 27.6. The second kappa shape index (κ2) is 6.98. The molecule has 7 heteroatoms. The summed E-state index contributed by atoms with van der Waals surface area (Å²) in [6.07, 6.45) is 6.23. The zero-order valence-electron chi connectivity index (χ0n) is 15.6. The molecule has 0 radical (unpaired) electrons. The largest absolute Gasteiger partial charge is 0.348 e. The molecule has 6 nitrogen and oxygen atoms in total. The number of hydrogen-bond donors (Lipinski definition) is 2. The molecule has 3 aromatic rings. The van der Waals surface area contributed by atoms with Gasteiger partial charge in [0.25, 0.3) is 5.91 Å². The molecule has 0 unspecified atom stereocenters. The highest BCUT2D eigenvalue weighted by Crippen LogP contribution is 2.34. The Kier molecular flexibility index (Phi) is 4.31. The molecule has 28 heavy (non-hydrogen) atoms. The summed E-state index contributed by atoms with van der Waals surface area (Å²) in [6.45, 7) is 3.00. The Balaban J connectivity index is 1.36. The van der Waals surface area contributed by atoms with Gasteiger partial charge in [0.15, 0.2) is 0 Å². The maximum atomic E-state index is 13.0. The Morgan fingerprint density at radius 1 is 1.29 bits per heavy atom. The molecule has 0 fully saturated rings. The van der Waals surface area contributed by atoms with Gasteiger partial charge < -0.3 is 15.2 Å². The van der Waals surface area contributed by atoms with E-state index >= 15 is 0 Å². The van der Waals surface area contributed by atoms with Crippen LogP contribution in [-0.2, 0) is 11.2 Å². The van der Waals surface area contributed by atoms with Gasteiger partial charge in [-0.25, -0.2) is 9.97 Å². The number of H-pyrrole nitrogens is 1. The summed E-state index contributed by atoms with van der Waals surface area (Å²) >= 11 is 1.60. The molecular weight excluding hydrogens is 370 g/mol. The molecule has 2 aromatic heterocycles. The molecule has 0 saturated heterocycles. The average Bonchev–Trinajstić information content (AvgIpc) is 3.33. The maximum Gasteiger partial charge on any atom is 0.259 e. The van der Waals surface area contributed by atoms with Crippen LogP contribution in [0.2, 0.25) is 0 Å². The molecule has 5 rings (SSSR count). The second-order valence-corrected chi connectivity index (χ2v) is 8.38. The number of rotatable bonds is 3. The van der Waals surface area contributed by atoms with Gasteiger partial charge >= 0.3 is 0 Å². The normalized spacial score (nSPS) is 21.5. The van der Waals surface area contributed by atoms with Gasteiger partial charge in [0.2, 0.25) is 0 Å². The Labute approximate surface area is 167 Å². The Bertz CT molecular complexity index is 1080. The van der Waals surface area contributed by atoms with Gasteiger partial charge in [0.05, 0.1) is 10.3 Å². The van der Waals surface area contributed by atoms with Crippen LogP contribution in [0, 0.1) is 0 Å². The summed E-state index contributed by atoms with van der Waals surface area (Å²) in [5, 5.41) is 4.22. The van der Waals surface area contributed by atoms with E-state index in [1.165, 1.54) is 11.1 Å². The van der Waals surface area contributed by atoms with E-state index in [1.54, 1.807) is 18.1 Å². The topological polar surface area (TPSA) is 73.9 Å². The molecule has 142 valence electrons. The summed E-state index contributed by atoms with van der Waals surface area (Å²) in [5.74, 6) is 2.00. The number of nitrogens with zero attached hydrogens (tertiary/aromatic N) is 3. The number of aromatic amines is 1. The Hall–Kier alpha value is -2.80. The number of carbonyl (C=O) groups excluding carboxylic acids is 1. The van der Waals surface area contributed by atoms with E-state index in [0.717, 1.165) is 40.5 Å². The maximum absolute atomic E-state index is 13.0. The minimum atomic E-state index is -0.00118. The summed E-state index contributed by atoms with van der Waals surface area (Å²) in [5.41, 5.74) is 3.48. The van der Waals surface area contributed by atoms with Crippen LogP contribution in [-0.4, -0.2) is 39.2 Å². The van der Waals surface area contributed by atoms with E-state index in [2.05, 4.69) is 56.4 Å². The fourth-order valence-electron chi connectivity index (χ4n) is 4.09. The molecule has 2 atom stereocenters. The minimum absolute atomic E-state index is 0.00118. The number of nitrogens with one attached hydrogen (secondary N) is 2. The van der Waals surface area contributed by atoms with Crippen LogP contribution < -0.4 is 10.2 Å². The molecular formula is C21H21N5OS. The summed E-state index contributed by atoms with van der Waals surface area (Å²) < 4.78 is 0. The van der Waals surface area contributed by atoms with Gasteiger partial charge in [-0.15, -0.1) is 11.8 Å². The fraction of sp³-hybridized carbons (Fsp3) is 0.286. The number of anilines is 1. The van der Waals surface area contributed by atoms with E-state index < -0.39 is 0 Å². The second-order valence-electron chi connectivity index (χ2n) is 7.24. The van der Waals surface area contributed by atoms with Gasteiger partial charge in [-0.1, -0.05) is 31.2 Å². The molecule has 1 amide bonds. The van der Waals surface area contributed by atoms with Gasteiger partial charge in [0, 0.05) is 36.7 Å². The lowest BCUT2D eigenvalue weighted by atomic mass is 10.0. The third-order valence-electron chi connectivity index (χ3n) is 5.60. The number of benzene rings is 1. The van der Waals surface area contributed by atoms with Crippen LogP contribution in [0.25, 0.3) is 11.0 Å². The number of carbonyl (C=O) groups is 1. The molecule has 0 bridgehead atoms. The quantitative estimate of drug-likeness (QED) is 0.717. The molecule has 0 saturated carbocycles. The molecule has 2 aliphatic rings. The Morgan fingerprint density at radius 2 is 2.18 bits per heavy atom. The van der Waals surface area contributed by atoms with Crippen LogP contribution in [0.5, 0.6) is 0 Å². The van der Waals surface area contributed by atoms with E-state index in [0.29, 0.717) is 5.92 Å². The number of fused-ring (bicyclic) bond motifs is 2. The van der Waals surface area contributed by atoms with Crippen molar-refractivity contribution in [1.29, 1.82) is 0 Å². The molecule has 1 aromatic carbocycles. The first-order chi connectivity index (χ1) is 13.7. The van der Waals surface area contributed by atoms with Crippen molar-refractivity contribution >= 4 is 34.5 Å². The fourth-order valence-corrected chi connectivity index (χ4v) is 4.99. The lowest BCUT2D eigenvalue weighted by Crippen LogP contribution is -2.39. The van der Waals surface area contributed by atoms with Crippen molar-refractivity contribution in [1.82, 2.24) is 20.3 Å². The van der Waals surface area contributed by atoms with E-state index in [1.807, 2.05) is 18.5 Å². The highest BCUT2D eigenvalue weighted by atomic mass is 32.2. The van der Waals surface area contributed by atoms with Crippen LogP contribution in [0.1, 0.15) is 24.0 Å². The highest BCUT2D eigenvalue weighted by molar-refractivity contribution is 8.04. The summed E-state index contributed by atoms with van der Waals surface area (Å²) in [7, 11) is 0. The highest BCUT2D eigenvalue weighted by Gasteiger charge is 2.31. The van der Waals surface area contributed by atoms with E-state index in [-0.39, 0.29) is 11.9 Å². The SMILES string of the molecule is C[C@H]1c2ccccc2C[C@@H]1NC(=O)C1=CN(c2ncnc3[nH]ccc23)CCS1. The third-order valence-corrected chi connectivity index (χ3v) is 6.59. The molecule has 3 heterocycles. The van der Waals surface area contributed by atoms with E-state index in [9.17, 15) is 4.79 Å². The zero-order chi connectivity index (χ0) is 19.1. The first kappa shape index (κ1) is 17.3. The number of hydrogen-bond acceptors (Lipinski definition) is 5. The van der Waals surface area contributed by atoms with Gasteiger partial charge in [-0.3, -0.25) is 4.79 Å². The number of aromatic nitrogens is 3. The zero-order valence-corrected chi connectivity index (χ0v) is 16.4. The van der Waals surface area contributed by atoms with Crippen molar-refractivity contribution in [2.24, 2.45) is 0 Å². The van der Waals surface area contributed by atoms with Crippen molar-refractivity contribution in [3.63, 3.8) is 0 Å². The Morgan fingerprint density at radius 3 is 3.07 bits per heavy atom. The van der Waals surface area contributed by atoms with Crippen molar-refractivity contribution in [2.75, 3.05) is 17.2 Å². The molecule has 1 aliphatic heterocycles. The van der Waals surface area contributed by atoms with Crippen molar-refractivity contribution in [3.8, 4) is 0 Å².